The number of carbonyl (C=O) groups is 5. The number of rotatable bonds is 11. The Morgan fingerprint density at radius 1 is 0.978 bits per heavy atom. The summed E-state index contributed by atoms with van der Waals surface area (Å²) in [5, 5.41) is 10.1. The minimum atomic E-state index is -1.02. The van der Waals surface area contributed by atoms with Crippen molar-refractivity contribution in [1.29, 1.82) is 0 Å². The number of piperazine rings is 1. The number of nitrogens with zero attached hydrogens (tertiary/aromatic N) is 5. The Kier molecular flexibility index (Phi) is 10.7. The lowest BCUT2D eigenvalue weighted by atomic mass is 9.93. The summed E-state index contributed by atoms with van der Waals surface area (Å²) in [4.78, 5) is 69.2. The van der Waals surface area contributed by atoms with Crippen molar-refractivity contribution in [2.24, 2.45) is 5.73 Å². The summed E-state index contributed by atoms with van der Waals surface area (Å²) in [6.45, 7) is 3.12. The lowest BCUT2D eigenvalue weighted by Gasteiger charge is -2.35. The number of carbonyl (C=O) groups excluding carboxylic acids is 5. The second-order valence-electron chi connectivity index (χ2n) is 11.6. The molecular formula is C31H42N8O7. The van der Waals surface area contributed by atoms with Gasteiger partial charge in [0.05, 0.1) is 12.3 Å². The predicted molar refractivity (Wildman–Crippen MR) is 165 cm³/mol. The molecule has 1 saturated carbocycles. The number of hydrogen-bond donors (Lipinski definition) is 3. The number of nitrogens with one attached hydrogen (secondary N) is 2. The van der Waals surface area contributed by atoms with Crippen LogP contribution >= 0.6 is 0 Å². The van der Waals surface area contributed by atoms with E-state index in [9.17, 15) is 24.0 Å². The summed E-state index contributed by atoms with van der Waals surface area (Å²) >= 11 is 0. The molecule has 1 aromatic carbocycles. The third kappa shape index (κ3) is 7.58. The van der Waals surface area contributed by atoms with E-state index in [2.05, 4.69) is 15.7 Å². The third-order valence-electron chi connectivity index (χ3n) is 8.54. The van der Waals surface area contributed by atoms with Crippen LogP contribution in [-0.4, -0.2) is 125 Å². The summed E-state index contributed by atoms with van der Waals surface area (Å²) < 4.78 is 12.3. The smallest absolute Gasteiger partial charge is 0.409 e. The molecule has 0 bridgehead atoms. The van der Waals surface area contributed by atoms with Crippen molar-refractivity contribution < 1.29 is 33.4 Å². The zero-order chi connectivity index (χ0) is 32.6. The fraction of sp³-hybridized carbons (Fsp3) is 0.548. The Morgan fingerprint density at radius 3 is 2.35 bits per heavy atom. The van der Waals surface area contributed by atoms with Crippen LogP contribution in [0.25, 0.3) is 5.69 Å². The Bertz CT molecular complexity index is 1400. The van der Waals surface area contributed by atoms with Gasteiger partial charge < -0.3 is 40.5 Å². The van der Waals surface area contributed by atoms with Crippen molar-refractivity contribution in [3.8, 4) is 11.6 Å². The maximum absolute atomic E-state index is 13.3. The average Bonchev–Trinajstić information content (AvgIpc) is 3.73. The van der Waals surface area contributed by atoms with Crippen molar-refractivity contribution in [2.75, 3.05) is 52.5 Å². The van der Waals surface area contributed by atoms with E-state index in [-0.39, 0.29) is 68.2 Å². The van der Waals surface area contributed by atoms with Gasteiger partial charge in [0.1, 0.15) is 12.1 Å². The maximum Gasteiger partial charge on any atom is 0.409 e. The zero-order valence-electron chi connectivity index (χ0n) is 26.1. The molecule has 3 aliphatic rings. The largest absolute Gasteiger partial charge is 0.467 e. The van der Waals surface area contributed by atoms with Gasteiger partial charge in [-0.3, -0.25) is 19.2 Å². The molecule has 4 N–H and O–H groups in total. The van der Waals surface area contributed by atoms with Gasteiger partial charge in [0.2, 0.25) is 17.7 Å². The quantitative estimate of drug-likeness (QED) is 0.311. The molecule has 3 fully saturated rings. The number of para-hydroxylation sites is 1. The fourth-order valence-corrected chi connectivity index (χ4v) is 5.74. The minimum absolute atomic E-state index is 0.0383. The van der Waals surface area contributed by atoms with Gasteiger partial charge in [-0.1, -0.05) is 18.2 Å². The van der Waals surface area contributed by atoms with Crippen LogP contribution in [0.15, 0.2) is 36.4 Å². The molecule has 2 aromatic rings. The lowest BCUT2D eigenvalue weighted by Crippen LogP contribution is -2.57. The van der Waals surface area contributed by atoms with Crippen molar-refractivity contribution in [2.45, 2.75) is 57.2 Å². The number of likely N-dealkylation sites (tertiary alicyclic amines) is 1. The molecule has 5 amide bonds. The lowest BCUT2D eigenvalue weighted by molar-refractivity contribution is -0.140. The van der Waals surface area contributed by atoms with Crippen LogP contribution in [-0.2, 0) is 19.1 Å². The van der Waals surface area contributed by atoms with E-state index in [4.69, 9.17) is 15.2 Å². The molecule has 1 aromatic heterocycles. The highest BCUT2D eigenvalue weighted by Crippen LogP contribution is 2.23. The number of ether oxygens (including phenoxy) is 2. The summed E-state index contributed by atoms with van der Waals surface area (Å²) in [5.41, 5.74) is 6.44. The number of hydrogen-bond acceptors (Lipinski definition) is 9. The van der Waals surface area contributed by atoms with Crippen LogP contribution in [0.4, 0.5) is 4.79 Å². The Balaban J connectivity index is 1.23. The number of nitrogens with two attached hydrogens (primary N) is 1. The minimum Gasteiger partial charge on any atom is -0.467 e. The van der Waals surface area contributed by atoms with Gasteiger partial charge in [-0.2, -0.15) is 5.10 Å². The van der Waals surface area contributed by atoms with Crippen molar-refractivity contribution in [3.63, 3.8) is 0 Å². The molecule has 3 heterocycles. The summed E-state index contributed by atoms with van der Waals surface area (Å²) in [7, 11) is 0. The highest BCUT2D eigenvalue weighted by molar-refractivity contribution is 5.96. The van der Waals surface area contributed by atoms with Crippen LogP contribution in [0.1, 0.15) is 49.5 Å². The molecule has 46 heavy (non-hydrogen) atoms. The second kappa shape index (κ2) is 15.1. The monoisotopic (exact) mass is 638 g/mol. The first-order valence-corrected chi connectivity index (χ1v) is 15.9. The molecule has 0 spiro atoms. The Labute approximate surface area is 267 Å². The van der Waals surface area contributed by atoms with E-state index in [0.29, 0.717) is 31.7 Å². The van der Waals surface area contributed by atoms with Crippen LogP contribution in [0.2, 0.25) is 0 Å². The van der Waals surface area contributed by atoms with Crippen LogP contribution in [0.5, 0.6) is 5.88 Å². The molecular weight excluding hydrogens is 596 g/mol. The summed E-state index contributed by atoms with van der Waals surface area (Å²) in [6, 6.07) is 9.00. The Morgan fingerprint density at radius 2 is 1.70 bits per heavy atom. The van der Waals surface area contributed by atoms with E-state index in [1.54, 1.807) is 41.0 Å². The highest BCUT2D eigenvalue weighted by Gasteiger charge is 2.36. The molecule has 0 radical (unpaired) electrons. The average molecular weight is 639 g/mol. The zero-order valence-corrected chi connectivity index (χ0v) is 26.1. The normalized spacial score (nSPS) is 18.8. The first kappa shape index (κ1) is 32.7. The second-order valence-corrected chi connectivity index (χ2v) is 11.6. The number of amides is 5. The van der Waals surface area contributed by atoms with E-state index in [1.165, 1.54) is 15.6 Å². The standard InChI is InChI=1S/C31H42N8O7/c1-2-45-31(44)37-16-14-36(15-17-37)30(43)24(19-32)34-28(41)23-18-27(39(35-23)22-10-4-3-5-11-22)46-20-26(40)38-13-7-12-25(38)29(42)33-21-8-6-9-21/h3-5,10-11,18,21,24-25H,2,6-9,12-17,19-20,32H2,1H3,(H,33,42)(H,34,41)/t24-,25-/m0/s1. The van der Waals surface area contributed by atoms with E-state index >= 15 is 0 Å². The predicted octanol–water partition coefficient (Wildman–Crippen LogP) is 0.269. The molecule has 15 heteroatoms. The molecule has 15 nitrogen and oxygen atoms in total. The van der Waals surface area contributed by atoms with Gasteiger partial charge in [-0.15, -0.1) is 0 Å². The fourth-order valence-electron chi connectivity index (χ4n) is 5.74. The molecule has 2 saturated heterocycles. The molecule has 2 atom stereocenters. The van der Waals surface area contributed by atoms with Crippen LogP contribution < -0.4 is 21.1 Å². The topological polar surface area (TPSA) is 181 Å². The summed E-state index contributed by atoms with van der Waals surface area (Å²) in [6.07, 6.45) is 3.91. The van der Waals surface area contributed by atoms with Crippen molar-refractivity contribution in [1.82, 2.24) is 35.1 Å². The van der Waals surface area contributed by atoms with Gasteiger partial charge in [-0.25, -0.2) is 9.48 Å². The van der Waals surface area contributed by atoms with Crippen LogP contribution in [0.3, 0.4) is 0 Å². The maximum atomic E-state index is 13.3. The van der Waals surface area contributed by atoms with Crippen molar-refractivity contribution >= 4 is 29.7 Å². The van der Waals surface area contributed by atoms with Gasteiger partial charge in [-0.05, 0) is 51.2 Å². The van der Waals surface area contributed by atoms with Gasteiger partial charge in [0.25, 0.3) is 11.8 Å². The van der Waals surface area contributed by atoms with Gasteiger partial charge in [0.15, 0.2) is 12.3 Å². The van der Waals surface area contributed by atoms with Crippen LogP contribution in [0, 0.1) is 0 Å². The first-order valence-electron chi connectivity index (χ1n) is 15.9. The highest BCUT2D eigenvalue weighted by atomic mass is 16.6. The molecule has 2 aliphatic heterocycles. The van der Waals surface area contributed by atoms with E-state index in [1.807, 2.05) is 6.07 Å². The van der Waals surface area contributed by atoms with E-state index in [0.717, 1.165) is 25.7 Å². The van der Waals surface area contributed by atoms with Gasteiger partial charge >= 0.3 is 6.09 Å². The number of benzene rings is 1. The molecule has 1 aliphatic carbocycles. The van der Waals surface area contributed by atoms with Crippen molar-refractivity contribution in [3.05, 3.63) is 42.1 Å². The van der Waals surface area contributed by atoms with E-state index < -0.39 is 24.1 Å². The molecule has 248 valence electrons. The number of aromatic nitrogens is 2. The third-order valence-corrected chi connectivity index (χ3v) is 8.54. The first-order chi connectivity index (χ1) is 22.3. The molecule has 0 unspecified atom stereocenters. The van der Waals surface area contributed by atoms with Gasteiger partial charge in [0, 0.05) is 51.4 Å². The molecule has 5 rings (SSSR count). The summed E-state index contributed by atoms with van der Waals surface area (Å²) in [5.74, 6) is -1.34. The SMILES string of the molecule is CCOC(=O)N1CCN(C(=O)[C@H](CN)NC(=O)c2cc(OCC(=O)N3CCC[C@H]3C(=O)NC3CCC3)n(-c3ccccc3)n2)CC1. The Hall–Kier alpha value is -4.66.